The number of rotatable bonds is 5. The Hall–Kier alpha value is -1.35. The SMILES string of the molecule is C=C(NSc1cccc2cc[nH]c12)C1CC1CC. The molecule has 0 spiro atoms. The first-order chi connectivity index (χ1) is 8.79. The maximum atomic E-state index is 4.16. The number of allylic oxidation sites excluding steroid dienone is 1. The average Bonchev–Trinajstić information content (AvgIpc) is 3.03. The molecule has 3 rings (SSSR count). The van der Waals surface area contributed by atoms with Gasteiger partial charge in [-0.3, -0.25) is 0 Å². The number of hydrogen-bond donors (Lipinski definition) is 2. The fraction of sp³-hybridized carbons (Fsp3) is 0.333. The van der Waals surface area contributed by atoms with Crippen molar-refractivity contribution >= 4 is 22.9 Å². The first-order valence-electron chi connectivity index (χ1n) is 6.47. The molecule has 1 saturated carbocycles. The Labute approximate surface area is 112 Å². The van der Waals surface area contributed by atoms with E-state index in [0.29, 0.717) is 5.92 Å². The highest BCUT2D eigenvalue weighted by Gasteiger charge is 2.37. The average molecular weight is 258 g/mol. The monoisotopic (exact) mass is 258 g/mol. The summed E-state index contributed by atoms with van der Waals surface area (Å²) in [6.45, 7) is 6.41. The van der Waals surface area contributed by atoms with Crippen molar-refractivity contribution in [2.75, 3.05) is 0 Å². The molecule has 0 aliphatic heterocycles. The van der Waals surface area contributed by atoms with Gasteiger partial charge in [0.15, 0.2) is 0 Å². The number of aromatic amines is 1. The molecule has 18 heavy (non-hydrogen) atoms. The van der Waals surface area contributed by atoms with E-state index in [9.17, 15) is 0 Å². The van der Waals surface area contributed by atoms with Gasteiger partial charge < -0.3 is 9.71 Å². The Morgan fingerprint density at radius 1 is 1.50 bits per heavy atom. The minimum atomic E-state index is 0.686. The Bertz CT molecular complexity index is 573. The van der Waals surface area contributed by atoms with Gasteiger partial charge in [-0.1, -0.05) is 32.1 Å². The number of para-hydroxylation sites is 1. The maximum absolute atomic E-state index is 4.16. The zero-order valence-electron chi connectivity index (χ0n) is 10.6. The third-order valence-electron chi connectivity index (χ3n) is 3.74. The number of aromatic nitrogens is 1. The third-order valence-corrected chi connectivity index (χ3v) is 4.66. The lowest BCUT2D eigenvalue weighted by Crippen LogP contribution is -2.04. The normalized spacial score (nSPS) is 22.1. The van der Waals surface area contributed by atoms with Gasteiger partial charge >= 0.3 is 0 Å². The Kier molecular flexibility index (Phi) is 3.08. The van der Waals surface area contributed by atoms with Crippen LogP contribution in [0.3, 0.4) is 0 Å². The summed E-state index contributed by atoms with van der Waals surface area (Å²) in [5.74, 6) is 1.54. The van der Waals surface area contributed by atoms with Crippen molar-refractivity contribution in [3.63, 3.8) is 0 Å². The van der Waals surface area contributed by atoms with E-state index >= 15 is 0 Å². The third kappa shape index (κ3) is 2.15. The standard InChI is InChI=1S/C15H18N2S/c1-3-11-9-13(11)10(2)17-18-14-6-4-5-12-7-8-16-15(12)14/h4-8,11,13,16-17H,2-3,9H2,1H3. The van der Waals surface area contributed by atoms with E-state index in [1.165, 1.54) is 34.3 Å². The number of H-pyrrole nitrogens is 1. The summed E-state index contributed by atoms with van der Waals surface area (Å²) in [7, 11) is 0. The van der Waals surface area contributed by atoms with Crippen LogP contribution in [0.4, 0.5) is 0 Å². The lowest BCUT2D eigenvalue weighted by Gasteiger charge is -2.08. The van der Waals surface area contributed by atoms with Crippen LogP contribution < -0.4 is 4.72 Å². The van der Waals surface area contributed by atoms with Crippen LogP contribution in [-0.2, 0) is 0 Å². The van der Waals surface area contributed by atoms with E-state index in [1.807, 2.05) is 6.20 Å². The van der Waals surface area contributed by atoms with Crippen LogP contribution in [0.25, 0.3) is 10.9 Å². The molecule has 1 aromatic carbocycles. The molecule has 2 unspecified atom stereocenters. The number of fused-ring (bicyclic) bond motifs is 1. The van der Waals surface area contributed by atoms with Crippen molar-refractivity contribution in [1.29, 1.82) is 0 Å². The highest BCUT2D eigenvalue weighted by atomic mass is 32.2. The van der Waals surface area contributed by atoms with Crippen molar-refractivity contribution < 1.29 is 0 Å². The van der Waals surface area contributed by atoms with Gasteiger partial charge in [-0.2, -0.15) is 0 Å². The van der Waals surface area contributed by atoms with Gasteiger partial charge in [0.2, 0.25) is 0 Å². The van der Waals surface area contributed by atoms with Crippen LogP contribution >= 0.6 is 11.9 Å². The molecule has 2 N–H and O–H groups in total. The second kappa shape index (κ2) is 4.73. The minimum Gasteiger partial charge on any atom is -0.360 e. The molecule has 2 aromatic rings. The Morgan fingerprint density at radius 2 is 2.39 bits per heavy atom. The fourth-order valence-corrected chi connectivity index (χ4v) is 3.28. The number of nitrogens with one attached hydrogen (secondary N) is 2. The second-order valence-electron chi connectivity index (χ2n) is 4.94. The first kappa shape index (κ1) is 11.7. The molecule has 0 amide bonds. The van der Waals surface area contributed by atoms with Crippen LogP contribution in [0.15, 0.2) is 47.6 Å². The van der Waals surface area contributed by atoms with Crippen molar-refractivity contribution in [3.8, 4) is 0 Å². The van der Waals surface area contributed by atoms with E-state index in [1.54, 1.807) is 11.9 Å². The lowest BCUT2D eigenvalue weighted by atomic mass is 10.2. The van der Waals surface area contributed by atoms with Gasteiger partial charge in [0.25, 0.3) is 0 Å². The van der Waals surface area contributed by atoms with Gasteiger partial charge in [0, 0.05) is 23.2 Å². The largest absolute Gasteiger partial charge is 0.360 e. The summed E-state index contributed by atoms with van der Waals surface area (Å²) in [5, 5.41) is 1.25. The summed E-state index contributed by atoms with van der Waals surface area (Å²) in [4.78, 5) is 4.52. The van der Waals surface area contributed by atoms with Crippen molar-refractivity contribution in [2.45, 2.75) is 24.7 Å². The van der Waals surface area contributed by atoms with Gasteiger partial charge in [-0.15, -0.1) is 0 Å². The summed E-state index contributed by atoms with van der Waals surface area (Å²) in [6.07, 6.45) is 4.55. The van der Waals surface area contributed by atoms with Gasteiger partial charge in [-0.05, 0) is 36.4 Å². The zero-order chi connectivity index (χ0) is 12.5. The van der Waals surface area contributed by atoms with Gasteiger partial charge in [0.05, 0.1) is 10.4 Å². The predicted octanol–water partition coefficient (Wildman–Crippen LogP) is 4.32. The topological polar surface area (TPSA) is 27.8 Å². The van der Waals surface area contributed by atoms with E-state index in [2.05, 4.69) is 47.5 Å². The molecule has 1 fully saturated rings. The quantitative estimate of drug-likeness (QED) is 0.781. The van der Waals surface area contributed by atoms with Gasteiger partial charge in [-0.25, -0.2) is 0 Å². The summed E-state index contributed by atoms with van der Waals surface area (Å²) >= 11 is 1.66. The van der Waals surface area contributed by atoms with Crippen LogP contribution in [0.5, 0.6) is 0 Å². The molecule has 94 valence electrons. The zero-order valence-corrected chi connectivity index (χ0v) is 11.4. The summed E-state index contributed by atoms with van der Waals surface area (Å²) in [6, 6.07) is 8.45. The molecule has 1 aliphatic rings. The van der Waals surface area contributed by atoms with E-state index < -0.39 is 0 Å². The fourth-order valence-electron chi connectivity index (χ4n) is 2.46. The van der Waals surface area contributed by atoms with Crippen LogP contribution in [-0.4, -0.2) is 4.98 Å². The predicted molar refractivity (Wildman–Crippen MR) is 78.3 cm³/mol. The lowest BCUT2D eigenvalue weighted by molar-refractivity contribution is 0.727. The first-order valence-corrected chi connectivity index (χ1v) is 7.29. The van der Waals surface area contributed by atoms with E-state index in [4.69, 9.17) is 0 Å². The summed E-state index contributed by atoms with van der Waals surface area (Å²) < 4.78 is 3.41. The van der Waals surface area contributed by atoms with E-state index in [-0.39, 0.29) is 0 Å². The van der Waals surface area contributed by atoms with Crippen molar-refractivity contribution in [3.05, 3.63) is 42.7 Å². The van der Waals surface area contributed by atoms with Crippen molar-refractivity contribution in [1.82, 2.24) is 9.71 Å². The van der Waals surface area contributed by atoms with Gasteiger partial charge in [0.1, 0.15) is 0 Å². The van der Waals surface area contributed by atoms with Crippen LogP contribution in [0.2, 0.25) is 0 Å². The summed E-state index contributed by atoms with van der Waals surface area (Å²) in [5.41, 5.74) is 2.38. The second-order valence-corrected chi connectivity index (χ2v) is 5.79. The molecular weight excluding hydrogens is 240 g/mol. The highest BCUT2D eigenvalue weighted by molar-refractivity contribution is 7.97. The molecule has 0 radical (unpaired) electrons. The Morgan fingerprint density at radius 3 is 3.17 bits per heavy atom. The maximum Gasteiger partial charge on any atom is 0.0610 e. The van der Waals surface area contributed by atoms with Crippen LogP contribution in [0, 0.1) is 11.8 Å². The minimum absolute atomic E-state index is 0.686. The molecule has 1 heterocycles. The molecular formula is C15H18N2S. The highest BCUT2D eigenvalue weighted by Crippen LogP contribution is 2.45. The number of hydrogen-bond acceptors (Lipinski definition) is 2. The molecule has 0 saturated heterocycles. The van der Waals surface area contributed by atoms with E-state index in [0.717, 1.165) is 5.92 Å². The number of benzene rings is 1. The molecule has 0 bridgehead atoms. The molecule has 1 aliphatic carbocycles. The molecule has 2 atom stereocenters. The molecule has 3 heteroatoms. The molecule has 1 aromatic heterocycles. The van der Waals surface area contributed by atoms with Crippen molar-refractivity contribution in [2.24, 2.45) is 11.8 Å². The Balaban J connectivity index is 1.66. The smallest absolute Gasteiger partial charge is 0.0610 e. The molecule has 2 nitrogen and oxygen atoms in total. The van der Waals surface area contributed by atoms with Crippen LogP contribution in [0.1, 0.15) is 19.8 Å².